The van der Waals surface area contributed by atoms with E-state index in [-0.39, 0.29) is 0 Å². The summed E-state index contributed by atoms with van der Waals surface area (Å²) in [5, 5.41) is 4.64. The molecule has 3 aromatic rings. The first-order chi connectivity index (χ1) is 13.5. The second-order valence-corrected chi connectivity index (χ2v) is 7.16. The molecule has 7 nitrogen and oxygen atoms in total. The largest absolute Gasteiger partial charge is 0.433 e. The molecule has 2 aliphatic rings. The summed E-state index contributed by atoms with van der Waals surface area (Å²) in [5.74, 6) is 1.72. The fourth-order valence-corrected chi connectivity index (χ4v) is 3.57. The van der Waals surface area contributed by atoms with E-state index in [4.69, 9.17) is 0 Å². The highest BCUT2D eigenvalue weighted by Crippen LogP contribution is 2.40. The van der Waals surface area contributed by atoms with Crippen molar-refractivity contribution in [3.63, 3.8) is 0 Å². The molecule has 0 amide bonds. The van der Waals surface area contributed by atoms with Crippen molar-refractivity contribution in [1.29, 1.82) is 0 Å². The van der Waals surface area contributed by atoms with Crippen LogP contribution in [0.5, 0.6) is 0 Å². The van der Waals surface area contributed by atoms with Crippen molar-refractivity contribution in [2.24, 2.45) is 0 Å². The molecule has 146 valence electrons. The summed E-state index contributed by atoms with van der Waals surface area (Å²) in [6.45, 7) is 2.39. The number of anilines is 2. The Hall–Kier alpha value is -2.91. The van der Waals surface area contributed by atoms with E-state index in [0.717, 1.165) is 29.4 Å². The number of nitrogens with zero attached hydrogens (tertiary/aromatic N) is 7. The van der Waals surface area contributed by atoms with Crippen molar-refractivity contribution < 1.29 is 13.2 Å². The van der Waals surface area contributed by atoms with Crippen LogP contribution in [0.1, 0.15) is 30.1 Å². The first-order valence-electron chi connectivity index (χ1n) is 9.22. The number of piperazine rings is 1. The predicted octanol–water partition coefficient (Wildman–Crippen LogP) is 2.74. The van der Waals surface area contributed by atoms with Crippen LogP contribution in [0.15, 0.2) is 30.9 Å². The lowest BCUT2D eigenvalue weighted by molar-refractivity contribution is -0.141. The molecule has 0 atom stereocenters. The van der Waals surface area contributed by atoms with Gasteiger partial charge >= 0.3 is 6.18 Å². The number of rotatable bonds is 3. The van der Waals surface area contributed by atoms with E-state index in [1.54, 1.807) is 6.20 Å². The van der Waals surface area contributed by atoms with E-state index in [9.17, 15) is 13.2 Å². The Bertz CT molecular complexity index is 1000. The molecule has 5 rings (SSSR count). The second kappa shape index (κ2) is 6.32. The molecule has 0 spiro atoms. The maximum absolute atomic E-state index is 12.9. The summed E-state index contributed by atoms with van der Waals surface area (Å²) in [5.41, 5.74) is 1.16. The first-order valence-corrected chi connectivity index (χ1v) is 9.22. The van der Waals surface area contributed by atoms with Crippen molar-refractivity contribution in [1.82, 2.24) is 24.6 Å². The van der Waals surface area contributed by atoms with Gasteiger partial charge in [0, 0.05) is 50.6 Å². The van der Waals surface area contributed by atoms with Gasteiger partial charge in [0.25, 0.3) is 0 Å². The van der Waals surface area contributed by atoms with Gasteiger partial charge in [-0.15, -0.1) is 0 Å². The van der Waals surface area contributed by atoms with Gasteiger partial charge < -0.3 is 9.80 Å². The molecule has 1 saturated carbocycles. The Kier molecular flexibility index (Phi) is 3.88. The molecular weight excluding hydrogens is 371 g/mol. The van der Waals surface area contributed by atoms with Gasteiger partial charge in [-0.25, -0.2) is 19.5 Å². The Morgan fingerprint density at radius 2 is 1.68 bits per heavy atom. The summed E-state index contributed by atoms with van der Waals surface area (Å²) in [7, 11) is 0. The van der Waals surface area contributed by atoms with E-state index in [1.807, 2.05) is 15.6 Å². The van der Waals surface area contributed by atoms with E-state index in [2.05, 4.69) is 31.0 Å². The second-order valence-electron chi connectivity index (χ2n) is 7.16. The standard InChI is InChI=1S/C18H18F3N7/c19-18(20,21)15-10-16(24-11-23-15)26-5-7-27(8-6-26)17-14-9-13(12-1-2-12)25-28(14)4-3-22-17/h3-4,9-12H,1-2,5-8H2. The van der Waals surface area contributed by atoms with Gasteiger partial charge in [-0.1, -0.05) is 0 Å². The third kappa shape index (κ3) is 3.12. The van der Waals surface area contributed by atoms with Crippen molar-refractivity contribution in [2.75, 3.05) is 36.0 Å². The van der Waals surface area contributed by atoms with Crippen LogP contribution >= 0.6 is 0 Å². The lowest BCUT2D eigenvalue weighted by Crippen LogP contribution is -2.47. The van der Waals surface area contributed by atoms with E-state index in [1.165, 1.54) is 12.8 Å². The first kappa shape index (κ1) is 17.2. The minimum Gasteiger partial charge on any atom is -0.353 e. The molecule has 28 heavy (non-hydrogen) atoms. The molecule has 4 heterocycles. The van der Waals surface area contributed by atoms with Crippen LogP contribution in [0.3, 0.4) is 0 Å². The maximum atomic E-state index is 12.9. The summed E-state index contributed by atoms with van der Waals surface area (Å²) in [6.07, 6.45) is 2.45. The molecule has 0 radical (unpaired) electrons. The van der Waals surface area contributed by atoms with Gasteiger partial charge in [0.15, 0.2) is 5.82 Å². The van der Waals surface area contributed by atoms with Crippen LogP contribution in [-0.4, -0.2) is 50.7 Å². The van der Waals surface area contributed by atoms with Crippen molar-refractivity contribution in [3.8, 4) is 0 Å². The van der Waals surface area contributed by atoms with Crippen molar-refractivity contribution >= 4 is 17.2 Å². The summed E-state index contributed by atoms with van der Waals surface area (Å²) < 4.78 is 40.6. The maximum Gasteiger partial charge on any atom is 0.433 e. The fraction of sp³-hybridized carbons (Fsp3) is 0.444. The number of fused-ring (bicyclic) bond motifs is 1. The zero-order valence-corrected chi connectivity index (χ0v) is 15.0. The van der Waals surface area contributed by atoms with Gasteiger partial charge in [0.2, 0.25) is 0 Å². The molecule has 0 N–H and O–H groups in total. The van der Waals surface area contributed by atoms with Crippen LogP contribution in [-0.2, 0) is 6.18 Å². The van der Waals surface area contributed by atoms with Crippen LogP contribution in [0, 0.1) is 0 Å². The van der Waals surface area contributed by atoms with E-state index < -0.39 is 11.9 Å². The molecule has 3 aromatic heterocycles. The molecular formula is C18H18F3N7. The number of hydrogen-bond donors (Lipinski definition) is 0. The molecule has 2 fully saturated rings. The van der Waals surface area contributed by atoms with E-state index >= 15 is 0 Å². The van der Waals surface area contributed by atoms with Crippen molar-refractivity contribution in [2.45, 2.75) is 24.9 Å². The number of aromatic nitrogens is 5. The van der Waals surface area contributed by atoms with Crippen LogP contribution in [0.2, 0.25) is 0 Å². The smallest absolute Gasteiger partial charge is 0.353 e. The third-order valence-corrected chi connectivity index (χ3v) is 5.23. The van der Waals surface area contributed by atoms with Crippen LogP contribution in [0.4, 0.5) is 24.8 Å². The molecule has 1 saturated heterocycles. The van der Waals surface area contributed by atoms with Gasteiger partial charge in [0.1, 0.15) is 23.4 Å². The Balaban J connectivity index is 1.34. The van der Waals surface area contributed by atoms with E-state index in [0.29, 0.717) is 37.9 Å². The molecule has 1 aliphatic carbocycles. The van der Waals surface area contributed by atoms with Gasteiger partial charge in [-0.05, 0) is 18.9 Å². The average Bonchev–Trinajstić information content (AvgIpc) is 3.46. The fourth-order valence-electron chi connectivity index (χ4n) is 3.57. The number of hydrogen-bond acceptors (Lipinski definition) is 6. The summed E-state index contributed by atoms with van der Waals surface area (Å²) in [4.78, 5) is 15.9. The SMILES string of the molecule is FC(F)(F)c1cc(N2CCN(c3nccn4nc(C5CC5)cc34)CC2)ncn1. The zero-order valence-electron chi connectivity index (χ0n) is 15.0. The van der Waals surface area contributed by atoms with Crippen LogP contribution in [0.25, 0.3) is 5.52 Å². The third-order valence-electron chi connectivity index (χ3n) is 5.23. The minimum atomic E-state index is -4.47. The molecule has 10 heteroatoms. The lowest BCUT2D eigenvalue weighted by atomic mass is 10.2. The Morgan fingerprint density at radius 3 is 2.39 bits per heavy atom. The molecule has 0 aromatic carbocycles. The Labute approximate surface area is 158 Å². The molecule has 0 unspecified atom stereocenters. The minimum absolute atomic E-state index is 0.300. The molecule has 0 bridgehead atoms. The monoisotopic (exact) mass is 389 g/mol. The quantitative estimate of drug-likeness (QED) is 0.687. The van der Waals surface area contributed by atoms with Gasteiger partial charge in [-0.3, -0.25) is 0 Å². The highest BCUT2D eigenvalue weighted by atomic mass is 19.4. The highest BCUT2D eigenvalue weighted by molar-refractivity contribution is 5.70. The van der Waals surface area contributed by atoms with Gasteiger partial charge in [0.05, 0.1) is 5.69 Å². The predicted molar refractivity (Wildman–Crippen MR) is 96.4 cm³/mol. The van der Waals surface area contributed by atoms with Gasteiger partial charge in [-0.2, -0.15) is 18.3 Å². The summed E-state index contributed by atoms with van der Waals surface area (Å²) in [6, 6.07) is 3.11. The number of halogens is 3. The number of alkyl halides is 3. The van der Waals surface area contributed by atoms with Crippen molar-refractivity contribution in [3.05, 3.63) is 42.2 Å². The zero-order chi connectivity index (χ0) is 19.3. The highest BCUT2D eigenvalue weighted by Gasteiger charge is 2.33. The topological polar surface area (TPSA) is 62.5 Å². The Morgan fingerprint density at radius 1 is 0.929 bits per heavy atom. The molecule has 1 aliphatic heterocycles. The normalized spacial score (nSPS) is 18.1. The summed E-state index contributed by atoms with van der Waals surface area (Å²) >= 11 is 0. The lowest BCUT2D eigenvalue weighted by Gasteiger charge is -2.36. The average molecular weight is 389 g/mol. The van der Waals surface area contributed by atoms with Crippen LogP contribution < -0.4 is 9.80 Å².